The van der Waals surface area contributed by atoms with Gasteiger partial charge >= 0.3 is 0 Å². The molecule has 2 nitrogen and oxygen atoms in total. The molecule has 1 unspecified atom stereocenters. The van der Waals surface area contributed by atoms with Crippen molar-refractivity contribution in [1.29, 1.82) is 0 Å². The van der Waals surface area contributed by atoms with Gasteiger partial charge in [0.2, 0.25) is 0 Å². The van der Waals surface area contributed by atoms with Gasteiger partial charge in [-0.2, -0.15) is 11.8 Å². The number of benzene rings is 1. The van der Waals surface area contributed by atoms with Gasteiger partial charge in [-0.1, -0.05) is 37.6 Å². The smallest absolute Gasteiger partial charge is 0.0412 e. The summed E-state index contributed by atoms with van der Waals surface area (Å²) in [7, 11) is 2.07. The molecule has 0 heterocycles. The summed E-state index contributed by atoms with van der Waals surface area (Å²) in [6.45, 7) is 12.4. The van der Waals surface area contributed by atoms with Gasteiger partial charge in [0.15, 0.2) is 0 Å². The van der Waals surface area contributed by atoms with Crippen molar-refractivity contribution in [1.82, 2.24) is 10.2 Å². The molecule has 1 aromatic rings. The number of hydrogen-bond acceptors (Lipinski definition) is 3. The second-order valence-electron chi connectivity index (χ2n) is 5.30. The lowest BCUT2D eigenvalue weighted by atomic mass is 10.0. The third kappa shape index (κ3) is 5.47. The van der Waals surface area contributed by atoms with Gasteiger partial charge in [-0.15, -0.1) is 0 Å². The van der Waals surface area contributed by atoms with Crippen LogP contribution in [0.2, 0.25) is 0 Å². The first-order valence-electron chi connectivity index (χ1n) is 7.66. The van der Waals surface area contributed by atoms with Gasteiger partial charge < -0.3 is 10.2 Å². The molecule has 0 aliphatic heterocycles. The summed E-state index contributed by atoms with van der Waals surface area (Å²) in [5.74, 6) is 2.35. The van der Waals surface area contributed by atoms with E-state index in [1.54, 1.807) is 0 Å². The van der Waals surface area contributed by atoms with E-state index in [4.69, 9.17) is 0 Å². The molecule has 0 aromatic heterocycles. The van der Waals surface area contributed by atoms with Crippen LogP contribution < -0.4 is 5.32 Å². The zero-order valence-corrected chi connectivity index (χ0v) is 14.5. The van der Waals surface area contributed by atoms with E-state index in [1.807, 2.05) is 0 Å². The molecule has 0 saturated carbocycles. The van der Waals surface area contributed by atoms with Crippen LogP contribution in [-0.4, -0.2) is 43.1 Å². The SMILES string of the molecule is CCN(CC)CCSCC(NC)c1cc(C)ccc1C. The number of nitrogens with zero attached hydrogens (tertiary/aromatic N) is 1. The highest BCUT2D eigenvalue weighted by Gasteiger charge is 2.12. The molecule has 3 heteroatoms. The highest BCUT2D eigenvalue weighted by molar-refractivity contribution is 7.99. The second kappa shape index (κ2) is 9.43. The molecule has 20 heavy (non-hydrogen) atoms. The first kappa shape index (κ1) is 17.5. The zero-order chi connectivity index (χ0) is 15.0. The summed E-state index contributed by atoms with van der Waals surface area (Å²) >= 11 is 2.05. The van der Waals surface area contributed by atoms with Crippen molar-refractivity contribution in [2.24, 2.45) is 0 Å². The molecule has 0 bridgehead atoms. The highest BCUT2D eigenvalue weighted by Crippen LogP contribution is 2.22. The normalized spacial score (nSPS) is 12.9. The Hall–Kier alpha value is -0.510. The van der Waals surface area contributed by atoms with Gasteiger partial charge in [-0.05, 0) is 45.1 Å². The molecule has 0 aliphatic rings. The maximum Gasteiger partial charge on any atom is 0.0412 e. The summed E-state index contributed by atoms with van der Waals surface area (Å²) < 4.78 is 0. The third-order valence-electron chi connectivity index (χ3n) is 3.89. The van der Waals surface area contributed by atoms with Crippen LogP contribution >= 0.6 is 11.8 Å². The standard InChI is InChI=1S/C17H30N2S/c1-6-19(7-2)10-11-20-13-17(18-5)16-12-14(3)8-9-15(16)4/h8-9,12,17-18H,6-7,10-11,13H2,1-5H3. The summed E-state index contributed by atoms with van der Waals surface area (Å²) in [6, 6.07) is 7.20. The third-order valence-corrected chi connectivity index (χ3v) is 4.93. The monoisotopic (exact) mass is 294 g/mol. The maximum atomic E-state index is 3.47. The summed E-state index contributed by atoms with van der Waals surface area (Å²) in [6.07, 6.45) is 0. The molecule has 1 aromatic carbocycles. The van der Waals surface area contributed by atoms with Crippen LogP contribution in [0.3, 0.4) is 0 Å². The highest BCUT2D eigenvalue weighted by atomic mass is 32.2. The number of rotatable bonds is 9. The molecule has 1 atom stereocenters. The Morgan fingerprint density at radius 3 is 2.50 bits per heavy atom. The van der Waals surface area contributed by atoms with Crippen LogP contribution in [0.1, 0.15) is 36.6 Å². The molecule has 0 saturated heterocycles. The minimum absolute atomic E-state index is 0.455. The molecule has 1 rings (SSSR count). The van der Waals surface area contributed by atoms with Gasteiger partial charge in [-0.25, -0.2) is 0 Å². The molecular weight excluding hydrogens is 264 g/mol. The molecule has 114 valence electrons. The molecular formula is C17H30N2S. The molecule has 0 fully saturated rings. The van der Waals surface area contributed by atoms with Crippen molar-refractivity contribution in [3.8, 4) is 0 Å². The van der Waals surface area contributed by atoms with Crippen LogP contribution in [0.5, 0.6) is 0 Å². The topological polar surface area (TPSA) is 15.3 Å². The average Bonchev–Trinajstić information content (AvgIpc) is 2.46. The minimum atomic E-state index is 0.455. The zero-order valence-electron chi connectivity index (χ0n) is 13.7. The van der Waals surface area contributed by atoms with Gasteiger partial charge in [0.05, 0.1) is 0 Å². The first-order valence-corrected chi connectivity index (χ1v) is 8.82. The molecule has 0 radical (unpaired) electrons. The van der Waals surface area contributed by atoms with Crippen molar-refractivity contribution in [2.45, 2.75) is 33.7 Å². The predicted octanol–water partition coefficient (Wildman–Crippen LogP) is 3.64. The Bertz CT molecular complexity index is 389. The maximum absolute atomic E-state index is 3.47. The van der Waals surface area contributed by atoms with Gasteiger partial charge in [-0.3, -0.25) is 0 Å². The molecule has 0 spiro atoms. The van der Waals surface area contributed by atoms with E-state index >= 15 is 0 Å². The van der Waals surface area contributed by atoms with Crippen LogP contribution in [0.15, 0.2) is 18.2 Å². The van der Waals surface area contributed by atoms with E-state index in [0.29, 0.717) is 6.04 Å². The Morgan fingerprint density at radius 2 is 1.90 bits per heavy atom. The van der Waals surface area contributed by atoms with Crippen molar-refractivity contribution in [2.75, 3.05) is 38.2 Å². The predicted molar refractivity (Wildman–Crippen MR) is 92.8 cm³/mol. The summed E-state index contributed by atoms with van der Waals surface area (Å²) in [5.41, 5.74) is 4.18. The van der Waals surface area contributed by atoms with E-state index in [9.17, 15) is 0 Å². The van der Waals surface area contributed by atoms with Gasteiger partial charge in [0, 0.05) is 24.1 Å². The van der Waals surface area contributed by atoms with Crippen LogP contribution in [0, 0.1) is 13.8 Å². The fourth-order valence-electron chi connectivity index (χ4n) is 2.40. The number of aryl methyl sites for hydroxylation is 2. The van der Waals surface area contributed by atoms with Gasteiger partial charge in [0.1, 0.15) is 0 Å². The van der Waals surface area contributed by atoms with Crippen molar-refractivity contribution >= 4 is 11.8 Å². The quantitative estimate of drug-likeness (QED) is 0.700. The van der Waals surface area contributed by atoms with Crippen molar-refractivity contribution < 1.29 is 0 Å². The first-order chi connectivity index (χ1) is 9.62. The fourth-order valence-corrected chi connectivity index (χ4v) is 3.53. The van der Waals surface area contributed by atoms with Crippen LogP contribution in [-0.2, 0) is 0 Å². The summed E-state index contributed by atoms with van der Waals surface area (Å²) in [5, 5.41) is 3.47. The lowest BCUT2D eigenvalue weighted by molar-refractivity contribution is 0.324. The average molecular weight is 295 g/mol. The Balaban J connectivity index is 2.49. The lowest BCUT2D eigenvalue weighted by Gasteiger charge is -2.21. The minimum Gasteiger partial charge on any atom is -0.312 e. The second-order valence-corrected chi connectivity index (χ2v) is 6.45. The Labute approximate surface area is 129 Å². The van der Waals surface area contributed by atoms with Crippen molar-refractivity contribution in [3.05, 3.63) is 34.9 Å². The van der Waals surface area contributed by atoms with Crippen LogP contribution in [0.25, 0.3) is 0 Å². The number of hydrogen-bond donors (Lipinski definition) is 1. The van der Waals surface area contributed by atoms with Crippen molar-refractivity contribution in [3.63, 3.8) is 0 Å². The number of nitrogens with one attached hydrogen (secondary N) is 1. The van der Waals surface area contributed by atoms with Crippen LogP contribution in [0.4, 0.5) is 0 Å². The lowest BCUT2D eigenvalue weighted by Crippen LogP contribution is -2.26. The summed E-state index contributed by atoms with van der Waals surface area (Å²) in [4.78, 5) is 2.49. The molecule has 0 amide bonds. The Morgan fingerprint density at radius 1 is 1.20 bits per heavy atom. The van der Waals surface area contributed by atoms with E-state index in [2.05, 4.69) is 74.9 Å². The Kier molecular flexibility index (Phi) is 8.27. The molecule has 1 N–H and O–H groups in total. The largest absolute Gasteiger partial charge is 0.312 e. The van der Waals surface area contributed by atoms with E-state index in [0.717, 1.165) is 18.8 Å². The van der Waals surface area contributed by atoms with Gasteiger partial charge in [0.25, 0.3) is 0 Å². The van der Waals surface area contributed by atoms with E-state index < -0.39 is 0 Å². The molecule has 0 aliphatic carbocycles. The van der Waals surface area contributed by atoms with E-state index in [-0.39, 0.29) is 0 Å². The number of thioether (sulfide) groups is 1. The fraction of sp³-hybridized carbons (Fsp3) is 0.647. The van der Waals surface area contributed by atoms with E-state index in [1.165, 1.54) is 29.0 Å².